The van der Waals surface area contributed by atoms with Gasteiger partial charge in [-0.3, -0.25) is 10.1 Å². The van der Waals surface area contributed by atoms with Crippen LogP contribution in [-0.4, -0.2) is 24.2 Å². The van der Waals surface area contributed by atoms with Gasteiger partial charge in [-0.1, -0.05) is 25.1 Å². The van der Waals surface area contributed by atoms with Crippen LogP contribution in [0.25, 0.3) is 0 Å². The van der Waals surface area contributed by atoms with E-state index in [9.17, 15) is 22.9 Å². The summed E-state index contributed by atoms with van der Waals surface area (Å²) < 4.78 is 39.9. The predicted molar refractivity (Wildman–Crippen MR) is 87.5 cm³/mol. The highest BCUT2D eigenvalue weighted by atomic mass is 32.2. The van der Waals surface area contributed by atoms with Crippen molar-refractivity contribution < 1.29 is 17.7 Å². The standard InChI is InChI=1S/C16H17FN2O4S/c1-3-18(11-13-5-4-6-14(17)9-13)24(22,23)15-8-7-12(2)16(10-15)19(20)21/h4-10H,3,11H2,1-2H3. The van der Waals surface area contributed by atoms with Gasteiger partial charge in [0.2, 0.25) is 10.0 Å². The summed E-state index contributed by atoms with van der Waals surface area (Å²) in [6.07, 6.45) is 0. The molecule has 0 aliphatic carbocycles. The zero-order valence-corrected chi connectivity index (χ0v) is 14.1. The molecule has 0 saturated carbocycles. The first-order valence-electron chi connectivity index (χ1n) is 7.25. The molecule has 6 nitrogen and oxygen atoms in total. The number of nitrogens with zero attached hydrogens (tertiary/aromatic N) is 2. The van der Waals surface area contributed by atoms with Gasteiger partial charge in [0, 0.05) is 24.7 Å². The molecule has 2 aromatic carbocycles. The summed E-state index contributed by atoms with van der Waals surface area (Å²) in [5.41, 5.74) is 0.632. The second-order valence-corrected chi connectivity index (χ2v) is 7.20. The van der Waals surface area contributed by atoms with E-state index in [-0.39, 0.29) is 23.7 Å². The van der Waals surface area contributed by atoms with E-state index in [1.54, 1.807) is 19.9 Å². The summed E-state index contributed by atoms with van der Waals surface area (Å²) in [7, 11) is -3.93. The summed E-state index contributed by atoms with van der Waals surface area (Å²) >= 11 is 0. The zero-order chi connectivity index (χ0) is 17.9. The first-order chi connectivity index (χ1) is 11.3. The van der Waals surface area contributed by atoms with E-state index in [1.807, 2.05) is 0 Å². The van der Waals surface area contributed by atoms with Gasteiger partial charge >= 0.3 is 0 Å². The Morgan fingerprint density at radius 3 is 2.50 bits per heavy atom. The summed E-state index contributed by atoms with van der Waals surface area (Å²) in [5.74, 6) is -0.452. The van der Waals surface area contributed by atoms with Crippen LogP contribution in [-0.2, 0) is 16.6 Å². The third-order valence-electron chi connectivity index (χ3n) is 3.62. The molecule has 0 fully saturated rings. The Kier molecular flexibility index (Phi) is 5.30. The van der Waals surface area contributed by atoms with Crippen LogP contribution in [0.4, 0.5) is 10.1 Å². The lowest BCUT2D eigenvalue weighted by atomic mass is 10.2. The molecule has 0 unspecified atom stereocenters. The van der Waals surface area contributed by atoms with Crippen LogP contribution >= 0.6 is 0 Å². The van der Waals surface area contributed by atoms with Gasteiger partial charge in [-0.15, -0.1) is 0 Å². The minimum atomic E-state index is -3.93. The van der Waals surface area contributed by atoms with Crippen molar-refractivity contribution in [3.8, 4) is 0 Å². The Morgan fingerprint density at radius 2 is 1.92 bits per heavy atom. The highest BCUT2D eigenvalue weighted by Gasteiger charge is 2.26. The molecule has 2 rings (SSSR count). The lowest BCUT2D eigenvalue weighted by Crippen LogP contribution is -2.30. The second kappa shape index (κ2) is 7.06. The van der Waals surface area contributed by atoms with Crippen LogP contribution in [0.3, 0.4) is 0 Å². The third kappa shape index (κ3) is 3.77. The van der Waals surface area contributed by atoms with Crippen molar-refractivity contribution in [2.75, 3.05) is 6.54 Å². The highest BCUT2D eigenvalue weighted by Crippen LogP contribution is 2.25. The lowest BCUT2D eigenvalue weighted by Gasteiger charge is -2.20. The topological polar surface area (TPSA) is 80.5 Å². The molecular formula is C16H17FN2O4S. The van der Waals surface area contributed by atoms with Gasteiger partial charge in [0.25, 0.3) is 5.69 Å². The van der Waals surface area contributed by atoms with E-state index in [4.69, 9.17) is 0 Å². The van der Waals surface area contributed by atoms with Gasteiger partial charge in [-0.05, 0) is 30.7 Å². The van der Waals surface area contributed by atoms with Gasteiger partial charge in [0.1, 0.15) is 5.82 Å². The Morgan fingerprint density at radius 1 is 1.21 bits per heavy atom. The Labute approximate surface area is 139 Å². The van der Waals surface area contributed by atoms with Crippen LogP contribution in [0, 0.1) is 22.9 Å². The van der Waals surface area contributed by atoms with E-state index in [2.05, 4.69) is 0 Å². The van der Waals surface area contributed by atoms with Gasteiger partial charge in [-0.25, -0.2) is 12.8 Å². The number of nitro benzene ring substituents is 1. The molecule has 8 heteroatoms. The van der Waals surface area contributed by atoms with Crippen LogP contribution < -0.4 is 0 Å². The molecule has 0 heterocycles. The number of hydrogen-bond acceptors (Lipinski definition) is 4. The number of hydrogen-bond donors (Lipinski definition) is 0. The largest absolute Gasteiger partial charge is 0.273 e. The van der Waals surface area contributed by atoms with E-state index in [0.29, 0.717) is 11.1 Å². The molecule has 128 valence electrons. The number of halogens is 1. The van der Waals surface area contributed by atoms with Gasteiger partial charge in [0.15, 0.2) is 0 Å². The normalized spacial score (nSPS) is 11.7. The van der Waals surface area contributed by atoms with Crippen LogP contribution in [0.5, 0.6) is 0 Å². The van der Waals surface area contributed by atoms with E-state index < -0.39 is 20.8 Å². The Balaban J connectivity index is 2.40. The minimum absolute atomic E-state index is 0.0156. The highest BCUT2D eigenvalue weighted by molar-refractivity contribution is 7.89. The second-order valence-electron chi connectivity index (χ2n) is 5.27. The van der Waals surface area contributed by atoms with Gasteiger partial charge in [0.05, 0.1) is 9.82 Å². The molecule has 0 saturated heterocycles. The molecule has 0 aliphatic heterocycles. The zero-order valence-electron chi connectivity index (χ0n) is 13.3. The third-order valence-corrected chi connectivity index (χ3v) is 5.53. The smallest absolute Gasteiger partial charge is 0.258 e. The molecule has 0 amide bonds. The summed E-state index contributed by atoms with van der Waals surface area (Å²) in [5, 5.41) is 11.0. The van der Waals surface area contributed by atoms with Crippen molar-refractivity contribution in [3.05, 3.63) is 69.5 Å². The van der Waals surface area contributed by atoms with Crippen molar-refractivity contribution >= 4 is 15.7 Å². The number of sulfonamides is 1. The maximum atomic E-state index is 13.3. The molecule has 0 N–H and O–H groups in total. The maximum absolute atomic E-state index is 13.3. The quantitative estimate of drug-likeness (QED) is 0.590. The van der Waals surface area contributed by atoms with E-state index in [1.165, 1.54) is 30.3 Å². The number of nitro groups is 1. The van der Waals surface area contributed by atoms with Gasteiger partial charge in [-0.2, -0.15) is 4.31 Å². The van der Waals surface area contributed by atoms with Crippen molar-refractivity contribution in [2.45, 2.75) is 25.3 Å². The number of aryl methyl sites for hydroxylation is 1. The van der Waals surface area contributed by atoms with Crippen LogP contribution in [0.15, 0.2) is 47.4 Å². The molecule has 24 heavy (non-hydrogen) atoms. The first-order valence-corrected chi connectivity index (χ1v) is 8.69. The van der Waals surface area contributed by atoms with E-state index in [0.717, 1.165) is 10.4 Å². The fourth-order valence-corrected chi connectivity index (χ4v) is 3.76. The van der Waals surface area contributed by atoms with Gasteiger partial charge < -0.3 is 0 Å². The Hall–Kier alpha value is -2.32. The molecule has 0 spiro atoms. The fraction of sp³-hybridized carbons (Fsp3) is 0.250. The SMILES string of the molecule is CCN(Cc1cccc(F)c1)S(=O)(=O)c1ccc(C)c([N+](=O)[O-])c1. The average molecular weight is 352 g/mol. The number of rotatable bonds is 6. The monoisotopic (exact) mass is 352 g/mol. The molecule has 0 bridgehead atoms. The molecule has 0 aromatic heterocycles. The molecular weight excluding hydrogens is 335 g/mol. The lowest BCUT2D eigenvalue weighted by molar-refractivity contribution is -0.385. The van der Waals surface area contributed by atoms with Crippen molar-refractivity contribution in [1.29, 1.82) is 0 Å². The maximum Gasteiger partial charge on any atom is 0.273 e. The summed E-state index contributed by atoms with van der Waals surface area (Å²) in [6.45, 7) is 3.33. The van der Waals surface area contributed by atoms with Crippen molar-refractivity contribution in [1.82, 2.24) is 4.31 Å². The molecule has 0 radical (unpaired) electrons. The number of benzene rings is 2. The fourth-order valence-electron chi connectivity index (χ4n) is 2.30. The first kappa shape index (κ1) is 18.0. The molecule has 0 atom stereocenters. The summed E-state index contributed by atoms with van der Waals surface area (Å²) in [6, 6.07) is 9.46. The van der Waals surface area contributed by atoms with Crippen molar-refractivity contribution in [3.63, 3.8) is 0 Å². The predicted octanol–water partition coefficient (Wildman–Crippen LogP) is 3.25. The minimum Gasteiger partial charge on any atom is -0.258 e. The molecule has 2 aromatic rings. The summed E-state index contributed by atoms with van der Waals surface area (Å²) in [4.78, 5) is 10.3. The Bertz CT molecular complexity index is 868. The van der Waals surface area contributed by atoms with E-state index >= 15 is 0 Å². The average Bonchev–Trinajstić information content (AvgIpc) is 2.52. The van der Waals surface area contributed by atoms with Crippen molar-refractivity contribution in [2.24, 2.45) is 0 Å². The van der Waals surface area contributed by atoms with Crippen LogP contribution in [0.2, 0.25) is 0 Å². The molecule has 0 aliphatic rings. The van der Waals surface area contributed by atoms with Crippen LogP contribution in [0.1, 0.15) is 18.1 Å².